The van der Waals surface area contributed by atoms with E-state index in [9.17, 15) is 5.11 Å². The molecule has 2 aromatic rings. The van der Waals surface area contributed by atoms with Crippen molar-refractivity contribution < 1.29 is 9.84 Å². The van der Waals surface area contributed by atoms with Gasteiger partial charge in [0.1, 0.15) is 5.01 Å². The minimum atomic E-state index is 0.0707. The van der Waals surface area contributed by atoms with E-state index in [1.807, 2.05) is 0 Å². The van der Waals surface area contributed by atoms with Gasteiger partial charge < -0.3 is 9.84 Å². The summed E-state index contributed by atoms with van der Waals surface area (Å²) >= 11 is 6.92. The summed E-state index contributed by atoms with van der Waals surface area (Å²) in [5.74, 6) is 0.496. The van der Waals surface area contributed by atoms with Gasteiger partial charge in [-0.15, -0.1) is 10.2 Å². The number of methoxy groups -OCH3 is 1. The van der Waals surface area contributed by atoms with Gasteiger partial charge in [0.2, 0.25) is 4.47 Å². The van der Waals surface area contributed by atoms with E-state index < -0.39 is 0 Å². The summed E-state index contributed by atoms with van der Waals surface area (Å²) in [6.45, 7) is 0. The summed E-state index contributed by atoms with van der Waals surface area (Å²) in [6.07, 6.45) is 0. The Morgan fingerprint density at radius 1 is 1.40 bits per heavy atom. The van der Waals surface area contributed by atoms with Gasteiger partial charge in [0.25, 0.3) is 0 Å². The molecule has 0 aliphatic heterocycles. The maximum Gasteiger partial charge on any atom is 0.207 e. The van der Waals surface area contributed by atoms with Crippen molar-refractivity contribution in [2.24, 2.45) is 0 Å². The molecule has 6 heteroatoms. The van der Waals surface area contributed by atoms with E-state index in [0.29, 0.717) is 15.2 Å². The van der Waals surface area contributed by atoms with Gasteiger partial charge in [-0.3, -0.25) is 0 Å². The third-order valence-electron chi connectivity index (χ3n) is 1.83. The Morgan fingerprint density at radius 3 is 2.73 bits per heavy atom. The largest absolute Gasteiger partial charge is 0.504 e. The number of rotatable bonds is 2. The summed E-state index contributed by atoms with van der Waals surface area (Å²) in [5, 5.41) is 17.8. The van der Waals surface area contributed by atoms with Crippen molar-refractivity contribution in [3.8, 4) is 22.1 Å². The molecule has 1 aromatic heterocycles. The Hall–Kier alpha value is -1.33. The van der Waals surface area contributed by atoms with Crippen molar-refractivity contribution in [3.63, 3.8) is 0 Å². The Balaban J connectivity index is 2.42. The molecule has 0 saturated heterocycles. The van der Waals surface area contributed by atoms with E-state index in [1.54, 1.807) is 18.2 Å². The topological polar surface area (TPSA) is 55.2 Å². The first-order chi connectivity index (χ1) is 7.20. The second kappa shape index (κ2) is 4.04. The van der Waals surface area contributed by atoms with E-state index in [1.165, 1.54) is 18.4 Å². The average molecular weight is 243 g/mol. The van der Waals surface area contributed by atoms with Crippen molar-refractivity contribution in [1.29, 1.82) is 0 Å². The number of phenols is 1. The molecule has 1 N–H and O–H groups in total. The highest BCUT2D eigenvalue weighted by Gasteiger charge is 2.08. The highest BCUT2D eigenvalue weighted by molar-refractivity contribution is 7.18. The van der Waals surface area contributed by atoms with Crippen LogP contribution in [-0.2, 0) is 0 Å². The Bertz CT molecular complexity index is 487. The minimum absolute atomic E-state index is 0.0707. The molecule has 0 aliphatic rings. The van der Waals surface area contributed by atoms with Gasteiger partial charge in [-0.25, -0.2) is 0 Å². The van der Waals surface area contributed by atoms with Crippen LogP contribution in [0.4, 0.5) is 0 Å². The van der Waals surface area contributed by atoms with E-state index in [-0.39, 0.29) is 5.75 Å². The van der Waals surface area contributed by atoms with Crippen molar-refractivity contribution in [2.75, 3.05) is 7.11 Å². The molecular weight excluding hydrogens is 236 g/mol. The van der Waals surface area contributed by atoms with Gasteiger partial charge in [0, 0.05) is 5.56 Å². The molecule has 0 fully saturated rings. The first-order valence-corrected chi connectivity index (χ1v) is 5.26. The maximum atomic E-state index is 9.56. The van der Waals surface area contributed by atoms with Crippen molar-refractivity contribution >= 4 is 22.9 Å². The van der Waals surface area contributed by atoms with Gasteiger partial charge in [-0.05, 0) is 29.8 Å². The van der Waals surface area contributed by atoms with Gasteiger partial charge in [-0.1, -0.05) is 11.3 Å². The zero-order chi connectivity index (χ0) is 10.8. The molecule has 0 radical (unpaired) electrons. The molecule has 0 unspecified atom stereocenters. The fourth-order valence-electron chi connectivity index (χ4n) is 1.15. The molecule has 4 nitrogen and oxygen atoms in total. The number of halogens is 1. The molecule has 2 rings (SSSR count). The van der Waals surface area contributed by atoms with Crippen molar-refractivity contribution in [3.05, 3.63) is 22.7 Å². The Morgan fingerprint density at radius 2 is 2.20 bits per heavy atom. The molecule has 0 atom stereocenters. The number of hydrogen-bond acceptors (Lipinski definition) is 5. The molecule has 0 saturated carbocycles. The van der Waals surface area contributed by atoms with E-state index in [2.05, 4.69) is 10.2 Å². The smallest absolute Gasteiger partial charge is 0.207 e. The zero-order valence-corrected chi connectivity index (χ0v) is 9.34. The van der Waals surface area contributed by atoms with Crippen LogP contribution in [0.5, 0.6) is 11.5 Å². The van der Waals surface area contributed by atoms with Crippen LogP contribution in [0.25, 0.3) is 10.6 Å². The molecule has 15 heavy (non-hydrogen) atoms. The van der Waals surface area contributed by atoms with Crippen LogP contribution in [0.1, 0.15) is 0 Å². The number of hydrogen-bond donors (Lipinski definition) is 1. The molecule has 0 spiro atoms. The number of nitrogens with zero attached hydrogens (tertiary/aromatic N) is 2. The van der Waals surface area contributed by atoms with Crippen molar-refractivity contribution in [1.82, 2.24) is 10.2 Å². The van der Waals surface area contributed by atoms with Crippen LogP contribution in [0.15, 0.2) is 18.2 Å². The van der Waals surface area contributed by atoms with Gasteiger partial charge >= 0.3 is 0 Å². The van der Waals surface area contributed by atoms with Gasteiger partial charge in [0.05, 0.1) is 7.11 Å². The van der Waals surface area contributed by atoms with Crippen LogP contribution >= 0.6 is 22.9 Å². The lowest BCUT2D eigenvalue weighted by Gasteiger charge is -2.03. The molecule has 78 valence electrons. The molecule has 0 bridgehead atoms. The average Bonchev–Trinajstić information content (AvgIpc) is 2.65. The predicted molar refractivity (Wildman–Crippen MR) is 58.6 cm³/mol. The highest BCUT2D eigenvalue weighted by Crippen LogP contribution is 2.33. The standard InChI is InChI=1S/C9H7ClN2O2S/c1-14-7-3-2-5(4-6(7)13)8-11-12-9(10)15-8/h2-4,13H,1H3. The number of aromatic nitrogens is 2. The third-order valence-corrected chi connectivity index (χ3v) is 2.89. The molecule has 1 heterocycles. The van der Waals surface area contributed by atoms with Crippen LogP contribution < -0.4 is 4.74 Å². The normalized spacial score (nSPS) is 10.3. The number of benzene rings is 1. The summed E-state index contributed by atoms with van der Waals surface area (Å²) in [4.78, 5) is 0. The lowest BCUT2D eigenvalue weighted by atomic mass is 10.2. The van der Waals surface area contributed by atoms with Crippen molar-refractivity contribution in [2.45, 2.75) is 0 Å². The predicted octanol–water partition coefficient (Wildman–Crippen LogP) is 2.57. The van der Waals surface area contributed by atoms with Crippen LogP contribution in [-0.4, -0.2) is 22.4 Å². The SMILES string of the molecule is COc1ccc(-c2nnc(Cl)s2)cc1O. The zero-order valence-electron chi connectivity index (χ0n) is 7.77. The lowest BCUT2D eigenvalue weighted by molar-refractivity contribution is 0.373. The first kappa shape index (κ1) is 10.2. The quantitative estimate of drug-likeness (QED) is 0.880. The summed E-state index contributed by atoms with van der Waals surface area (Å²) in [6, 6.07) is 5.02. The van der Waals surface area contributed by atoms with E-state index in [0.717, 1.165) is 5.56 Å². The van der Waals surface area contributed by atoms with Gasteiger partial charge in [-0.2, -0.15) is 0 Å². The monoisotopic (exact) mass is 242 g/mol. The molecule has 0 amide bonds. The Kier molecular flexibility index (Phi) is 2.75. The minimum Gasteiger partial charge on any atom is -0.504 e. The molecule has 0 aliphatic carbocycles. The number of ether oxygens (including phenoxy) is 1. The summed E-state index contributed by atoms with van der Waals surface area (Å²) < 4.78 is 5.31. The maximum absolute atomic E-state index is 9.56. The number of phenolic OH excluding ortho intramolecular Hbond substituents is 1. The van der Waals surface area contributed by atoms with Gasteiger partial charge in [0.15, 0.2) is 11.5 Å². The van der Waals surface area contributed by atoms with E-state index in [4.69, 9.17) is 16.3 Å². The number of aromatic hydroxyl groups is 1. The summed E-state index contributed by atoms with van der Waals surface area (Å²) in [7, 11) is 1.50. The fraction of sp³-hybridized carbons (Fsp3) is 0.111. The molecule has 1 aromatic carbocycles. The second-order valence-corrected chi connectivity index (χ2v) is 4.31. The van der Waals surface area contributed by atoms with Crippen LogP contribution in [0, 0.1) is 0 Å². The highest BCUT2D eigenvalue weighted by atomic mass is 35.5. The lowest BCUT2D eigenvalue weighted by Crippen LogP contribution is -1.84. The first-order valence-electron chi connectivity index (χ1n) is 4.07. The molecular formula is C9H7ClN2O2S. The fourth-order valence-corrected chi connectivity index (χ4v) is 1.97. The van der Waals surface area contributed by atoms with E-state index >= 15 is 0 Å². The third kappa shape index (κ3) is 2.03. The van der Waals surface area contributed by atoms with Crippen LogP contribution in [0.3, 0.4) is 0 Å². The van der Waals surface area contributed by atoms with Crippen LogP contribution in [0.2, 0.25) is 4.47 Å². The Labute approximate surface area is 95.1 Å². The second-order valence-electron chi connectivity index (χ2n) is 2.75. The summed E-state index contributed by atoms with van der Waals surface area (Å²) in [5.41, 5.74) is 0.762.